The summed E-state index contributed by atoms with van der Waals surface area (Å²) >= 11 is 6.05. The fourth-order valence-corrected chi connectivity index (χ4v) is 5.94. The second-order valence-electron chi connectivity index (χ2n) is 9.61. The number of carbonyl (C=O) groups is 1. The van der Waals surface area contributed by atoms with Crippen LogP contribution in [-0.4, -0.2) is 42.3 Å². The molecular formula is C27H23ClF3N5O. The van der Waals surface area contributed by atoms with Gasteiger partial charge in [-0.15, -0.1) is 0 Å². The normalized spacial score (nSPS) is 23.3. The van der Waals surface area contributed by atoms with Gasteiger partial charge in [-0.25, -0.2) is 4.98 Å². The third-order valence-electron chi connectivity index (χ3n) is 7.65. The maximum Gasteiger partial charge on any atom is 0.416 e. The lowest BCUT2D eigenvalue weighted by Crippen LogP contribution is -2.67. The molecule has 37 heavy (non-hydrogen) atoms. The van der Waals surface area contributed by atoms with Crippen molar-refractivity contribution in [1.29, 1.82) is 0 Å². The Bertz CT molecular complexity index is 1400. The van der Waals surface area contributed by atoms with Gasteiger partial charge in [0.25, 0.3) is 5.91 Å². The molecule has 1 spiro atoms. The molecular weight excluding hydrogens is 503 g/mol. The van der Waals surface area contributed by atoms with Gasteiger partial charge >= 0.3 is 6.18 Å². The average molecular weight is 526 g/mol. The van der Waals surface area contributed by atoms with Crippen LogP contribution in [-0.2, 0) is 17.4 Å². The number of pyridine rings is 1. The van der Waals surface area contributed by atoms with E-state index in [0.29, 0.717) is 41.6 Å². The van der Waals surface area contributed by atoms with Crippen molar-refractivity contribution in [2.75, 3.05) is 34.4 Å². The number of piperazine rings is 1. The summed E-state index contributed by atoms with van der Waals surface area (Å²) in [6.07, 6.45) is -2.63. The highest BCUT2D eigenvalue weighted by Crippen LogP contribution is 2.49. The molecule has 1 aromatic heterocycles. The predicted octanol–water partition coefficient (Wildman–Crippen LogP) is 5.41. The van der Waals surface area contributed by atoms with Crippen LogP contribution in [0.2, 0.25) is 5.02 Å². The molecule has 4 heterocycles. The lowest BCUT2D eigenvalue weighted by Gasteiger charge is -2.53. The summed E-state index contributed by atoms with van der Waals surface area (Å²) in [6.45, 7) is 3.42. The van der Waals surface area contributed by atoms with Gasteiger partial charge in [0.1, 0.15) is 11.2 Å². The van der Waals surface area contributed by atoms with E-state index in [1.165, 1.54) is 17.1 Å². The van der Waals surface area contributed by atoms with E-state index in [9.17, 15) is 18.0 Å². The van der Waals surface area contributed by atoms with Crippen LogP contribution in [0.3, 0.4) is 0 Å². The smallest absolute Gasteiger partial charge is 0.363 e. The quantitative estimate of drug-likeness (QED) is 0.449. The number of hydrogen-bond acceptors (Lipinski definition) is 5. The van der Waals surface area contributed by atoms with Crippen molar-refractivity contribution >= 4 is 40.4 Å². The highest BCUT2D eigenvalue weighted by atomic mass is 35.5. The summed E-state index contributed by atoms with van der Waals surface area (Å²) in [5.41, 5.74) is 0.511. The summed E-state index contributed by atoms with van der Waals surface area (Å²) in [4.78, 5) is 23.0. The van der Waals surface area contributed by atoms with Gasteiger partial charge < -0.3 is 9.80 Å². The van der Waals surface area contributed by atoms with Gasteiger partial charge in [0, 0.05) is 36.5 Å². The fraction of sp³-hybridized carbons (Fsp3) is 0.296. The first kappa shape index (κ1) is 23.8. The minimum absolute atomic E-state index is 0.127. The molecule has 0 N–H and O–H groups in total. The number of carbonyl (C=O) groups excluding carboxylic acids is 1. The molecule has 6 rings (SSSR count). The molecule has 2 unspecified atom stereocenters. The molecule has 3 aliphatic heterocycles. The van der Waals surface area contributed by atoms with Crippen molar-refractivity contribution < 1.29 is 18.0 Å². The summed E-state index contributed by atoms with van der Waals surface area (Å²) in [6, 6.07) is 16.0. The van der Waals surface area contributed by atoms with Gasteiger partial charge in [0.15, 0.2) is 0 Å². The Kier molecular flexibility index (Phi) is 5.45. The summed E-state index contributed by atoms with van der Waals surface area (Å²) in [7, 11) is 0. The molecule has 10 heteroatoms. The van der Waals surface area contributed by atoms with Crippen molar-refractivity contribution in [3.8, 4) is 0 Å². The second kappa shape index (κ2) is 8.48. The molecule has 1 amide bonds. The summed E-state index contributed by atoms with van der Waals surface area (Å²) < 4.78 is 40.9. The minimum Gasteiger partial charge on any atom is -0.363 e. The van der Waals surface area contributed by atoms with Crippen molar-refractivity contribution in [3.63, 3.8) is 0 Å². The van der Waals surface area contributed by atoms with E-state index >= 15 is 0 Å². The van der Waals surface area contributed by atoms with Crippen molar-refractivity contribution in [3.05, 3.63) is 83.0 Å². The number of rotatable bonds is 2. The highest BCUT2D eigenvalue weighted by molar-refractivity contribution is 6.30. The van der Waals surface area contributed by atoms with Crippen molar-refractivity contribution in [1.82, 2.24) is 4.98 Å². The molecule has 0 aliphatic carbocycles. The Morgan fingerprint density at radius 1 is 1.05 bits per heavy atom. The largest absolute Gasteiger partial charge is 0.416 e. The van der Waals surface area contributed by atoms with E-state index in [-0.39, 0.29) is 18.4 Å². The molecule has 3 aliphatic rings. The summed E-state index contributed by atoms with van der Waals surface area (Å²) in [5, 5.41) is 6.55. The molecule has 2 aromatic carbocycles. The number of benzene rings is 2. The number of anilines is 3. The number of hydrazone groups is 1. The van der Waals surface area contributed by atoms with Crippen LogP contribution in [0.4, 0.5) is 30.4 Å². The number of alkyl halides is 3. The van der Waals surface area contributed by atoms with Crippen LogP contribution in [0.15, 0.2) is 72.0 Å². The summed E-state index contributed by atoms with van der Waals surface area (Å²) in [5.74, 6) is 0.540. The lowest BCUT2D eigenvalue weighted by atomic mass is 9.67. The van der Waals surface area contributed by atoms with Crippen LogP contribution < -0.4 is 14.8 Å². The molecule has 1 saturated heterocycles. The molecule has 3 aromatic rings. The maximum atomic E-state index is 14.3. The topological polar surface area (TPSA) is 52.0 Å². The van der Waals surface area contributed by atoms with Gasteiger partial charge in [-0.1, -0.05) is 17.7 Å². The Balaban J connectivity index is 1.47. The molecule has 190 valence electrons. The predicted molar refractivity (Wildman–Crippen MR) is 137 cm³/mol. The minimum atomic E-state index is -4.48. The van der Waals surface area contributed by atoms with E-state index in [1.54, 1.807) is 37.4 Å². The molecule has 0 saturated carbocycles. The number of halogens is 4. The molecule has 1 fully saturated rings. The Morgan fingerprint density at radius 3 is 2.54 bits per heavy atom. The average Bonchev–Trinajstić information content (AvgIpc) is 3.14. The van der Waals surface area contributed by atoms with E-state index in [2.05, 4.69) is 19.9 Å². The number of hydrogen-bond donors (Lipinski definition) is 0. The Morgan fingerprint density at radius 2 is 1.84 bits per heavy atom. The van der Waals surface area contributed by atoms with Crippen LogP contribution in [0.5, 0.6) is 0 Å². The monoisotopic (exact) mass is 525 g/mol. The van der Waals surface area contributed by atoms with Gasteiger partial charge in [-0.2, -0.15) is 23.3 Å². The van der Waals surface area contributed by atoms with Crippen LogP contribution in [0.25, 0.3) is 0 Å². The van der Waals surface area contributed by atoms with Gasteiger partial charge in [0.05, 0.1) is 23.0 Å². The molecule has 2 atom stereocenters. The first-order valence-electron chi connectivity index (χ1n) is 12.0. The zero-order chi connectivity index (χ0) is 25.9. The van der Waals surface area contributed by atoms with Gasteiger partial charge in [-0.3, -0.25) is 4.79 Å². The number of amides is 1. The second-order valence-corrected chi connectivity index (χ2v) is 10.0. The van der Waals surface area contributed by atoms with Crippen molar-refractivity contribution in [2.45, 2.75) is 25.6 Å². The molecule has 0 radical (unpaired) electrons. The van der Waals surface area contributed by atoms with E-state index in [4.69, 9.17) is 11.6 Å². The Hall–Kier alpha value is -3.59. The van der Waals surface area contributed by atoms with E-state index in [0.717, 1.165) is 17.6 Å². The third kappa shape index (κ3) is 3.75. The van der Waals surface area contributed by atoms with E-state index in [1.807, 2.05) is 18.2 Å². The SMILES string of the molecule is CC1=NN(c2ccc(Cl)cc2)C(=O)C12Cc1cc(C(F)(F)F)ccc1N1CCN(c3ccccn3)CC12. The first-order valence-corrected chi connectivity index (χ1v) is 12.3. The molecule has 6 nitrogen and oxygen atoms in total. The van der Waals surface area contributed by atoms with E-state index < -0.39 is 17.2 Å². The van der Waals surface area contributed by atoms with Crippen LogP contribution >= 0.6 is 11.6 Å². The van der Waals surface area contributed by atoms with Gasteiger partial charge in [-0.05, 0) is 73.5 Å². The number of nitrogens with zero attached hydrogens (tertiary/aromatic N) is 5. The maximum absolute atomic E-state index is 14.3. The number of aromatic nitrogens is 1. The number of fused-ring (bicyclic) bond motifs is 4. The van der Waals surface area contributed by atoms with Crippen LogP contribution in [0, 0.1) is 5.41 Å². The van der Waals surface area contributed by atoms with Crippen LogP contribution in [0.1, 0.15) is 18.1 Å². The molecule has 0 bridgehead atoms. The Labute approximate surface area is 217 Å². The highest BCUT2D eigenvalue weighted by Gasteiger charge is 2.60. The standard InChI is InChI=1S/C27H23ClF3N5O/c1-17-26(25(37)36(33-17)21-8-6-20(28)7-9-21)15-18-14-19(27(29,30)31)5-10-22(18)35-13-12-34(16-23(26)35)24-4-2-3-11-32-24/h2-11,14,23H,12-13,15-16H2,1H3. The lowest BCUT2D eigenvalue weighted by molar-refractivity contribution is -0.137. The third-order valence-corrected chi connectivity index (χ3v) is 7.90. The first-order chi connectivity index (χ1) is 17.7. The van der Waals surface area contributed by atoms with Crippen molar-refractivity contribution in [2.24, 2.45) is 10.5 Å². The zero-order valence-electron chi connectivity index (χ0n) is 19.9. The van der Waals surface area contributed by atoms with Gasteiger partial charge in [0.2, 0.25) is 0 Å². The fourth-order valence-electron chi connectivity index (χ4n) is 5.82. The zero-order valence-corrected chi connectivity index (χ0v) is 20.7.